The standard InChI is InChI=1S/C14H18FN3/c1-10(2)16-7-12-8-18(9-17-12)13-6-4-5-11(3)14(13)15/h4-6,8-10,16H,7H2,1-3H3. The Balaban J connectivity index is 2.21. The molecule has 0 aliphatic carbocycles. The van der Waals surface area contributed by atoms with Gasteiger partial charge in [0.25, 0.3) is 0 Å². The lowest BCUT2D eigenvalue weighted by Crippen LogP contribution is -2.21. The Morgan fingerprint density at radius 3 is 2.89 bits per heavy atom. The van der Waals surface area contributed by atoms with Crippen molar-refractivity contribution in [1.29, 1.82) is 0 Å². The van der Waals surface area contributed by atoms with Gasteiger partial charge in [0.1, 0.15) is 5.82 Å². The summed E-state index contributed by atoms with van der Waals surface area (Å²) in [6.45, 7) is 6.61. The van der Waals surface area contributed by atoms with Gasteiger partial charge >= 0.3 is 0 Å². The average molecular weight is 247 g/mol. The normalized spacial score (nSPS) is 11.2. The number of hydrogen-bond acceptors (Lipinski definition) is 2. The Morgan fingerprint density at radius 2 is 2.17 bits per heavy atom. The minimum atomic E-state index is -0.196. The minimum absolute atomic E-state index is 0.196. The molecule has 0 saturated heterocycles. The molecule has 0 saturated carbocycles. The van der Waals surface area contributed by atoms with E-state index in [1.165, 1.54) is 0 Å². The number of halogens is 1. The van der Waals surface area contributed by atoms with Crippen LogP contribution in [0.25, 0.3) is 5.69 Å². The molecule has 0 unspecified atom stereocenters. The Kier molecular flexibility index (Phi) is 3.77. The molecule has 1 N–H and O–H groups in total. The zero-order valence-corrected chi connectivity index (χ0v) is 10.9. The number of aromatic nitrogens is 2. The van der Waals surface area contributed by atoms with Crippen molar-refractivity contribution in [2.24, 2.45) is 0 Å². The summed E-state index contributed by atoms with van der Waals surface area (Å²) >= 11 is 0. The van der Waals surface area contributed by atoms with Gasteiger partial charge in [-0.05, 0) is 18.6 Å². The molecule has 2 rings (SSSR count). The third-order valence-electron chi connectivity index (χ3n) is 2.78. The minimum Gasteiger partial charge on any atom is -0.309 e. The molecule has 0 radical (unpaired) electrons. The first kappa shape index (κ1) is 12.8. The van der Waals surface area contributed by atoms with Crippen LogP contribution in [-0.2, 0) is 6.54 Å². The van der Waals surface area contributed by atoms with Crippen LogP contribution in [0.3, 0.4) is 0 Å². The number of rotatable bonds is 4. The average Bonchev–Trinajstić information content (AvgIpc) is 2.78. The third-order valence-corrected chi connectivity index (χ3v) is 2.78. The Hall–Kier alpha value is -1.68. The summed E-state index contributed by atoms with van der Waals surface area (Å²) in [5, 5.41) is 3.28. The summed E-state index contributed by atoms with van der Waals surface area (Å²) < 4.78 is 15.7. The molecule has 0 spiro atoms. The van der Waals surface area contributed by atoms with Gasteiger partial charge in [-0.2, -0.15) is 0 Å². The van der Waals surface area contributed by atoms with Crippen molar-refractivity contribution < 1.29 is 4.39 Å². The molecule has 1 heterocycles. The summed E-state index contributed by atoms with van der Waals surface area (Å²) in [4.78, 5) is 4.27. The van der Waals surface area contributed by atoms with Crippen molar-refractivity contribution in [3.8, 4) is 5.69 Å². The first-order chi connectivity index (χ1) is 8.58. The van der Waals surface area contributed by atoms with Crippen molar-refractivity contribution in [3.05, 3.63) is 47.8 Å². The molecule has 4 heteroatoms. The van der Waals surface area contributed by atoms with Crippen molar-refractivity contribution in [2.75, 3.05) is 0 Å². The number of imidazole rings is 1. The summed E-state index contributed by atoms with van der Waals surface area (Å²) in [5.41, 5.74) is 2.09. The monoisotopic (exact) mass is 247 g/mol. The summed E-state index contributed by atoms with van der Waals surface area (Å²) in [6, 6.07) is 5.77. The summed E-state index contributed by atoms with van der Waals surface area (Å²) in [5.74, 6) is -0.196. The lowest BCUT2D eigenvalue weighted by atomic mass is 10.2. The number of benzene rings is 1. The molecule has 1 aromatic carbocycles. The molecule has 0 amide bonds. The smallest absolute Gasteiger partial charge is 0.150 e. The lowest BCUT2D eigenvalue weighted by Gasteiger charge is -2.06. The van der Waals surface area contributed by atoms with Crippen LogP contribution in [0.15, 0.2) is 30.7 Å². The maximum atomic E-state index is 13.9. The van der Waals surface area contributed by atoms with E-state index in [1.807, 2.05) is 12.3 Å². The lowest BCUT2D eigenvalue weighted by molar-refractivity contribution is 0.582. The molecule has 0 bridgehead atoms. The number of nitrogens with one attached hydrogen (secondary N) is 1. The van der Waals surface area contributed by atoms with Crippen LogP contribution in [0.4, 0.5) is 4.39 Å². The quantitative estimate of drug-likeness (QED) is 0.900. The van der Waals surface area contributed by atoms with E-state index in [2.05, 4.69) is 24.1 Å². The van der Waals surface area contributed by atoms with Gasteiger partial charge in [-0.15, -0.1) is 0 Å². The van der Waals surface area contributed by atoms with Crippen molar-refractivity contribution in [2.45, 2.75) is 33.4 Å². The Morgan fingerprint density at radius 1 is 1.39 bits per heavy atom. The van der Waals surface area contributed by atoms with E-state index >= 15 is 0 Å². The highest BCUT2D eigenvalue weighted by atomic mass is 19.1. The molecule has 3 nitrogen and oxygen atoms in total. The number of hydrogen-bond donors (Lipinski definition) is 1. The molecule has 0 aliphatic heterocycles. The van der Waals surface area contributed by atoms with Gasteiger partial charge in [0.2, 0.25) is 0 Å². The van der Waals surface area contributed by atoms with E-state index in [-0.39, 0.29) is 5.82 Å². The molecule has 1 aromatic heterocycles. The second kappa shape index (κ2) is 5.31. The van der Waals surface area contributed by atoms with E-state index in [1.54, 1.807) is 30.0 Å². The van der Waals surface area contributed by atoms with Crippen LogP contribution in [0.5, 0.6) is 0 Å². The van der Waals surface area contributed by atoms with Gasteiger partial charge in [0.15, 0.2) is 0 Å². The highest BCUT2D eigenvalue weighted by Gasteiger charge is 2.08. The predicted molar refractivity (Wildman–Crippen MR) is 70.2 cm³/mol. The third kappa shape index (κ3) is 2.76. The van der Waals surface area contributed by atoms with Gasteiger partial charge < -0.3 is 9.88 Å². The van der Waals surface area contributed by atoms with Crippen LogP contribution in [-0.4, -0.2) is 15.6 Å². The molecular weight excluding hydrogens is 229 g/mol. The molecule has 96 valence electrons. The van der Waals surface area contributed by atoms with Gasteiger partial charge in [0.05, 0.1) is 17.7 Å². The summed E-state index contributed by atoms with van der Waals surface area (Å²) in [6.07, 6.45) is 3.50. The number of nitrogens with zero attached hydrogens (tertiary/aromatic N) is 2. The fourth-order valence-electron chi connectivity index (χ4n) is 1.73. The van der Waals surface area contributed by atoms with Crippen LogP contribution >= 0.6 is 0 Å². The predicted octanol–water partition coefficient (Wildman–Crippen LogP) is 2.82. The molecule has 2 aromatic rings. The van der Waals surface area contributed by atoms with E-state index < -0.39 is 0 Å². The first-order valence-corrected chi connectivity index (χ1v) is 6.09. The summed E-state index contributed by atoms with van der Waals surface area (Å²) in [7, 11) is 0. The zero-order chi connectivity index (χ0) is 13.1. The SMILES string of the molecule is Cc1cccc(-n2cnc(CNC(C)C)c2)c1F. The van der Waals surface area contributed by atoms with Crippen LogP contribution < -0.4 is 5.32 Å². The first-order valence-electron chi connectivity index (χ1n) is 6.09. The zero-order valence-electron chi connectivity index (χ0n) is 10.9. The van der Waals surface area contributed by atoms with Crippen molar-refractivity contribution in [1.82, 2.24) is 14.9 Å². The van der Waals surface area contributed by atoms with Crippen molar-refractivity contribution in [3.63, 3.8) is 0 Å². The van der Waals surface area contributed by atoms with Crippen LogP contribution in [0, 0.1) is 12.7 Å². The second-order valence-electron chi connectivity index (χ2n) is 4.72. The Labute approximate surface area is 107 Å². The molecular formula is C14H18FN3. The largest absolute Gasteiger partial charge is 0.309 e. The van der Waals surface area contributed by atoms with Gasteiger partial charge in [-0.25, -0.2) is 9.37 Å². The van der Waals surface area contributed by atoms with Crippen LogP contribution in [0.2, 0.25) is 0 Å². The molecule has 18 heavy (non-hydrogen) atoms. The van der Waals surface area contributed by atoms with E-state index in [9.17, 15) is 4.39 Å². The molecule has 0 fully saturated rings. The van der Waals surface area contributed by atoms with Crippen LogP contribution in [0.1, 0.15) is 25.1 Å². The van der Waals surface area contributed by atoms with Gasteiger partial charge in [-0.1, -0.05) is 26.0 Å². The highest BCUT2D eigenvalue weighted by molar-refractivity contribution is 5.37. The Bertz CT molecular complexity index is 532. The molecule has 0 atom stereocenters. The van der Waals surface area contributed by atoms with E-state index in [4.69, 9.17) is 0 Å². The second-order valence-corrected chi connectivity index (χ2v) is 4.72. The highest BCUT2D eigenvalue weighted by Crippen LogP contribution is 2.16. The topological polar surface area (TPSA) is 29.9 Å². The maximum absolute atomic E-state index is 13.9. The van der Waals surface area contributed by atoms with Gasteiger partial charge in [-0.3, -0.25) is 0 Å². The molecule has 0 aliphatic rings. The van der Waals surface area contributed by atoms with E-state index in [0.29, 0.717) is 23.8 Å². The van der Waals surface area contributed by atoms with Gasteiger partial charge in [0, 0.05) is 18.8 Å². The maximum Gasteiger partial charge on any atom is 0.150 e. The van der Waals surface area contributed by atoms with E-state index in [0.717, 1.165) is 5.69 Å². The fraction of sp³-hybridized carbons (Fsp3) is 0.357. The number of aryl methyl sites for hydroxylation is 1. The van der Waals surface area contributed by atoms with Crippen molar-refractivity contribution >= 4 is 0 Å². The fourth-order valence-corrected chi connectivity index (χ4v) is 1.73.